The van der Waals surface area contributed by atoms with Crippen molar-refractivity contribution in [2.24, 2.45) is 0 Å². The second kappa shape index (κ2) is 11.0. The number of rotatable bonds is 9. The predicted molar refractivity (Wildman–Crippen MR) is 133 cm³/mol. The Morgan fingerprint density at radius 3 is 2.81 bits per heavy atom. The highest BCUT2D eigenvalue weighted by molar-refractivity contribution is 9.09. The highest BCUT2D eigenvalue weighted by atomic mass is 79.9. The number of ether oxygens (including phenoxy) is 1. The number of halogens is 1. The van der Waals surface area contributed by atoms with E-state index in [1.807, 2.05) is 20.8 Å². The predicted octanol–water partition coefficient (Wildman–Crippen LogP) is 5.09. The number of nitrogens with zero attached hydrogens (tertiary/aromatic N) is 4. The summed E-state index contributed by atoms with van der Waals surface area (Å²) in [6.07, 6.45) is 1.32. The van der Waals surface area contributed by atoms with E-state index in [1.165, 1.54) is 31.6 Å². The van der Waals surface area contributed by atoms with Gasteiger partial charge < -0.3 is 9.64 Å². The Morgan fingerprint density at radius 2 is 2.12 bits per heavy atom. The Kier molecular flexibility index (Phi) is 8.57. The van der Waals surface area contributed by atoms with Gasteiger partial charge in [0.2, 0.25) is 11.4 Å². The Labute approximate surface area is 206 Å². The molecule has 0 spiro atoms. The highest BCUT2D eigenvalue weighted by Gasteiger charge is 2.41. The summed E-state index contributed by atoms with van der Waals surface area (Å²) in [5.41, 5.74) is 1.13. The van der Waals surface area contributed by atoms with E-state index in [4.69, 9.17) is 4.74 Å². The monoisotopic (exact) mass is 540 g/mol. The minimum Gasteiger partial charge on any atom is -0.439 e. The third-order valence-corrected chi connectivity index (χ3v) is 7.68. The number of urea groups is 1. The van der Waals surface area contributed by atoms with Crippen LogP contribution in [0.3, 0.4) is 0 Å². The number of alkyl halides is 1. The summed E-state index contributed by atoms with van der Waals surface area (Å²) in [4.78, 5) is 29.3. The minimum absolute atomic E-state index is 0.165. The molecule has 1 aromatic carbocycles. The summed E-state index contributed by atoms with van der Waals surface area (Å²) >= 11 is 6.56. The highest BCUT2D eigenvalue weighted by Crippen LogP contribution is 2.33. The summed E-state index contributed by atoms with van der Waals surface area (Å²) in [5.74, 6) is 0.517. The number of hydrogen-bond donors (Lipinski definition) is 0. The van der Waals surface area contributed by atoms with Crippen molar-refractivity contribution in [1.82, 2.24) is 15.1 Å². The fourth-order valence-electron chi connectivity index (χ4n) is 3.13. The van der Waals surface area contributed by atoms with Gasteiger partial charge in [0.05, 0.1) is 6.54 Å². The van der Waals surface area contributed by atoms with E-state index in [0.717, 1.165) is 22.5 Å². The van der Waals surface area contributed by atoms with Gasteiger partial charge in [-0.2, -0.15) is 0 Å². The van der Waals surface area contributed by atoms with Crippen molar-refractivity contribution in [1.29, 1.82) is 0 Å². The molecule has 3 rings (SSSR count). The first-order valence-electron chi connectivity index (χ1n) is 10.5. The molecule has 0 radical (unpaired) electrons. The van der Waals surface area contributed by atoms with Gasteiger partial charge in [-0.3, -0.25) is 4.79 Å². The maximum atomic E-state index is 12.6. The molecule has 2 aromatic rings. The number of carbonyl (C=O) groups excluding carboxylic acids is 2. The first-order chi connectivity index (χ1) is 15.2. The van der Waals surface area contributed by atoms with Gasteiger partial charge in [-0.05, 0) is 36.3 Å². The molecule has 0 N–H and O–H groups in total. The second-order valence-corrected chi connectivity index (χ2v) is 11.6. The Balaban J connectivity index is 1.52. The Bertz CT molecular complexity index is 947. The van der Waals surface area contributed by atoms with Crippen molar-refractivity contribution in [3.63, 3.8) is 0 Å². The summed E-state index contributed by atoms with van der Waals surface area (Å²) in [6.45, 7) is 6.44. The first-order valence-corrected chi connectivity index (χ1v) is 13.5. The Hall–Kier alpha value is -1.65. The van der Waals surface area contributed by atoms with Crippen LogP contribution in [0.25, 0.3) is 0 Å². The number of hydrogen-bond acceptors (Lipinski definition) is 7. The topological polar surface area (TPSA) is 75.6 Å². The van der Waals surface area contributed by atoms with Gasteiger partial charge in [0, 0.05) is 29.1 Å². The number of aryl methyl sites for hydroxylation is 1. The van der Waals surface area contributed by atoms with E-state index in [-0.39, 0.29) is 17.4 Å². The van der Waals surface area contributed by atoms with E-state index in [1.54, 1.807) is 18.8 Å². The van der Waals surface area contributed by atoms with Gasteiger partial charge >= 0.3 is 12.0 Å². The smallest absolute Gasteiger partial charge is 0.329 e. The summed E-state index contributed by atoms with van der Waals surface area (Å²) < 4.78 is 5.67. The molecular formula is C22H29BrN4O3S2. The van der Waals surface area contributed by atoms with Crippen molar-refractivity contribution in [2.75, 3.05) is 29.6 Å². The first kappa shape index (κ1) is 25.0. The molecule has 2 heterocycles. The zero-order valence-electron chi connectivity index (χ0n) is 18.8. The lowest BCUT2D eigenvalue weighted by Crippen LogP contribution is -2.37. The van der Waals surface area contributed by atoms with Crippen LogP contribution in [0.2, 0.25) is 0 Å². The maximum absolute atomic E-state index is 12.6. The van der Waals surface area contributed by atoms with Crippen molar-refractivity contribution < 1.29 is 14.3 Å². The number of anilines is 1. The average molecular weight is 542 g/mol. The van der Waals surface area contributed by atoms with Gasteiger partial charge in [0.15, 0.2) is 0 Å². The number of carbonyl (C=O) groups is 2. The lowest BCUT2D eigenvalue weighted by Gasteiger charge is -2.20. The molecule has 0 aliphatic carbocycles. The van der Waals surface area contributed by atoms with E-state index in [9.17, 15) is 9.59 Å². The SMILES string of the molecule is CN1CC(OC(=O)CCCSc2cccc(CCBr)c2)N(c2nnc(C(C)(C)C)s2)C1=O. The quantitative estimate of drug-likeness (QED) is 0.191. The minimum atomic E-state index is -0.686. The largest absolute Gasteiger partial charge is 0.439 e. The molecule has 1 aliphatic rings. The molecule has 1 aliphatic heterocycles. The molecule has 1 saturated heterocycles. The van der Waals surface area contributed by atoms with Crippen LogP contribution in [-0.2, 0) is 21.4 Å². The number of amides is 2. The summed E-state index contributed by atoms with van der Waals surface area (Å²) in [6, 6.07) is 8.23. The van der Waals surface area contributed by atoms with Crippen LogP contribution in [0.5, 0.6) is 0 Å². The molecule has 174 valence electrons. The molecule has 32 heavy (non-hydrogen) atoms. The third-order valence-electron chi connectivity index (χ3n) is 4.86. The van der Waals surface area contributed by atoms with Gasteiger partial charge in [-0.1, -0.05) is 60.2 Å². The van der Waals surface area contributed by atoms with E-state index in [0.29, 0.717) is 24.5 Å². The molecule has 1 fully saturated rings. The van der Waals surface area contributed by atoms with Crippen molar-refractivity contribution in [3.05, 3.63) is 34.8 Å². The van der Waals surface area contributed by atoms with Crippen LogP contribution in [-0.4, -0.2) is 58.0 Å². The number of aromatic nitrogens is 2. The third kappa shape index (κ3) is 6.45. The zero-order chi connectivity index (χ0) is 23.3. The van der Waals surface area contributed by atoms with Gasteiger partial charge in [0.1, 0.15) is 5.01 Å². The van der Waals surface area contributed by atoms with Gasteiger partial charge in [-0.15, -0.1) is 22.0 Å². The Morgan fingerprint density at radius 1 is 1.34 bits per heavy atom. The summed E-state index contributed by atoms with van der Waals surface area (Å²) in [7, 11) is 1.69. The van der Waals surface area contributed by atoms with Crippen molar-refractivity contribution >= 4 is 56.2 Å². The average Bonchev–Trinajstić information content (AvgIpc) is 3.31. The van der Waals surface area contributed by atoms with Crippen LogP contribution < -0.4 is 4.90 Å². The number of benzene rings is 1. The molecule has 1 aromatic heterocycles. The fourth-order valence-corrected chi connectivity index (χ4v) is 5.46. The number of esters is 1. The van der Waals surface area contributed by atoms with E-state index < -0.39 is 6.23 Å². The normalized spacial score (nSPS) is 16.7. The van der Waals surface area contributed by atoms with Crippen molar-refractivity contribution in [3.8, 4) is 0 Å². The van der Waals surface area contributed by atoms with Crippen molar-refractivity contribution in [2.45, 2.75) is 56.6 Å². The standard InChI is InChI=1S/C22H29BrN4O3S2/c1-22(2,3)19-24-25-20(32-19)27-17(14-26(4)21(27)29)30-18(28)9-6-12-31-16-8-5-7-15(13-16)10-11-23/h5,7-8,13,17H,6,9-12,14H2,1-4H3. The molecule has 7 nitrogen and oxygen atoms in total. The zero-order valence-corrected chi connectivity index (χ0v) is 22.1. The second-order valence-electron chi connectivity index (χ2n) is 8.66. The van der Waals surface area contributed by atoms with Gasteiger partial charge in [0.25, 0.3) is 0 Å². The van der Waals surface area contributed by atoms with Crippen LogP contribution in [0.4, 0.5) is 9.93 Å². The van der Waals surface area contributed by atoms with Crippen LogP contribution in [0.1, 0.15) is 44.2 Å². The molecular weight excluding hydrogens is 512 g/mol. The summed E-state index contributed by atoms with van der Waals surface area (Å²) in [5, 5.41) is 10.6. The van der Waals surface area contributed by atoms with Gasteiger partial charge in [-0.25, -0.2) is 9.69 Å². The molecule has 0 saturated carbocycles. The lowest BCUT2D eigenvalue weighted by atomic mass is 9.98. The molecule has 2 amide bonds. The van der Waals surface area contributed by atoms with Crippen LogP contribution >= 0.6 is 39.0 Å². The van der Waals surface area contributed by atoms with E-state index >= 15 is 0 Å². The molecule has 1 unspecified atom stereocenters. The molecule has 0 bridgehead atoms. The lowest BCUT2D eigenvalue weighted by molar-refractivity contribution is -0.148. The fraction of sp³-hybridized carbons (Fsp3) is 0.545. The van der Waals surface area contributed by atoms with Crippen LogP contribution in [0.15, 0.2) is 29.2 Å². The molecule has 1 atom stereocenters. The number of likely N-dealkylation sites (N-methyl/N-ethyl adjacent to an activating group) is 1. The van der Waals surface area contributed by atoms with E-state index in [2.05, 4.69) is 50.4 Å². The van der Waals surface area contributed by atoms with Crippen LogP contribution in [0, 0.1) is 0 Å². The molecule has 10 heteroatoms. The maximum Gasteiger partial charge on any atom is 0.329 e. The number of thioether (sulfide) groups is 1.